The minimum absolute atomic E-state index is 0.219. The van der Waals surface area contributed by atoms with Gasteiger partial charge in [0, 0.05) is 5.56 Å². The highest BCUT2D eigenvalue weighted by atomic mass is 19.1. The highest BCUT2D eigenvalue weighted by molar-refractivity contribution is 5.17. The normalized spacial score (nSPS) is 43.3. The van der Waals surface area contributed by atoms with Crippen molar-refractivity contribution in [3.05, 3.63) is 71.8 Å². The lowest BCUT2D eigenvalue weighted by Crippen LogP contribution is -2.64. The first-order valence-electron chi connectivity index (χ1n) is 13.6. The Balaban J connectivity index is 1.12. The molecule has 2 saturated heterocycles. The molecule has 4 aliphatic carbocycles. The third-order valence-electron chi connectivity index (χ3n) is 8.97. The van der Waals surface area contributed by atoms with E-state index in [4.69, 9.17) is 23.7 Å². The van der Waals surface area contributed by atoms with E-state index in [1.807, 2.05) is 60.7 Å². The molecule has 8 rings (SSSR count). The van der Waals surface area contributed by atoms with E-state index < -0.39 is 37.1 Å². The van der Waals surface area contributed by atoms with Crippen LogP contribution in [-0.2, 0) is 30.3 Å². The zero-order chi connectivity index (χ0) is 24.1. The van der Waals surface area contributed by atoms with Gasteiger partial charge in [-0.05, 0) is 61.8 Å². The van der Waals surface area contributed by atoms with Crippen molar-refractivity contribution in [2.75, 3.05) is 6.61 Å². The van der Waals surface area contributed by atoms with Gasteiger partial charge < -0.3 is 23.7 Å². The van der Waals surface area contributed by atoms with E-state index >= 15 is 4.39 Å². The topological polar surface area (TPSA) is 46.2 Å². The molecule has 5 nitrogen and oxygen atoms in total. The molecule has 6 atom stereocenters. The van der Waals surface area contributed by atoms with Crippen LogP contribution in [0.25, 0.3) is 0 Å². The Morgan fingerprint density at radius 2 is 1.47 bits per heavy atom. The van der Waals surface area contributed by atoms with Crippen molar-refractivity contribution in [1.82, 2.24) is 0 Å². The molecule has 4 bridgehead atoms. The first kappa shape index (κ1) is 23.3. The predicted octanol–water partition coefficient (Wildman–Crippen LogP) is 5.73. The minimum Gasteiger partial charge on any atom is -0.365 e. The van der Waals surface area contributed by atoms with Crippen LogP contribution in [-0.4, -0.2) is 43.0 Å². The molecule has 0 aromatic heterocycles. The van der Waals surface area contributed by atoms with Gasteiger partial charge in [0.1, 0.15) is 18.3 Å². The number of benzene rings is 2. The maximum absolute atomic E-state index is 16.3. The molecule has 2 aromatic rings. The second kappa shape index (κ2) is 9.48. The van der Waals surface area contributed by atoms with Crippen LogP contribution >= 0.6 is 0 Å². The molecule has 6 heteroatoms. The van der Waals surface area contributed by atoms with Gasteiger partial charge in [0.25, 0.3) is 0 Å². The number of ether oxygens (including phenoxy) is 5. The summed E-state index contributed by atoms with van der Waals surface area (Å²) in [7, 11) is 0. The minimum atomic E-state index is -1.39. The Morgan fingerprint density at radius 1 is 0.833 bits per heavy atom. The van der Waals surface area contributed by atoms with E-state index in [9.17, 15) is 0 Å². The molecule has 6 aliphatic rings. The number of rotatable bonds is 6. The predicted molar refractivity (Wildman–Crippen MR) is 131 cm³/mol. The summed E-state index contributed by atoms with van der Waals surface area (Å²) in [5.41, 5.74) is 1.65. The third kappa shape index (κ3) is 4.41. The lowest BCUT2D eigenvalue weighted by Gasteiger charge is -2.58. The standard InChI is InChI=1S/C30H35FO5/c31-25-26-24(18-33-28(35-26)23-9-5-2-6-10-23)34-29(27(25)32-17-19-7-3-1-4-8-19)36-30-14-20-11-21(15-30)13-22(12-20)16-30/h1-10,20-22,24-29H,11-18H2/t20?,21?,22?,24-,25+,26-,27+,28-,29+,30?/m1/s1. The lowest BCUT2D eigenvalue weighted by molar-refractivity contribution is -0.379. The zero-order valence-electron chi connectivity index (χ0n) is 20.5. The van der Waals surface area contributed by atoms with Crippen LogP contribution < -0.4 is 0 Å². The lowest BCUT2D eigenvalue weighted by atomic mass is 9.54. The Hall–Kier alpha value is -1.83. The first-order chi connectivity index (χ1) is 17.6. The van der Waals surface area contributed by atoms with Crippen molar-refractivity contribution in [3.8, 4) is 0 Å². The monoisotopic (exact) mass is 494 g/mol. The fraction of sp³-hybridized carbons (Fsp3) is 0.600. The average molecular weight is 495 g/mol. The van der Waals surface area contributed by atoms with E-state index in [0.717, 1.165) is 48.1 Å². The number of fused-ring (bicyclic) bond motifs is 1. The van der Waals surface area contributed by atoms with Gasteiger partial charge in [0.2, 0.25) is 0 Å². The van der Waals surface area contributed by atoms with Gasteiger partial charge in [-0.1, -0.05) is 60.7 Å². The summed E-state index contributed by atoms with van der Waals surface area (Å²) >= 11 is 0. The van der Waals surface area contributed by atoms with Crippen LogP contribution in [0.1, 0.15) is 55.9 Å². The van der Waals surface area contributed by atoms with E-state index in [0.29, 0.717) is 6.61 Å². The highest BCUT2D eigenvalue weighted by Crippen LogP contribution is 2.58. The SMILES string of the molecule is F[C@@H]1[C@H](OCc2ccccc2)[C@H](OC23CC4CC(CC(C4)C2)C3)O[C@@H]2CO[C@@H](c3ccccc3)O[C@@H]12. The Labute approximate surface area is 212 Å². The van der Waals surface area contributed by atoms with Crippen LogP contribution in [0.3, 0.4) is 0 Å². The molecule has 6 fully saturated rings. The molecule has 36 heavy (non-hydrogen) atoms. The summed E-state index contributed by atoms with van der Waals surface area (Å²) in [6, 6.07) is 19.6. The van der Waals surface area contributed by atoms with Gasteiger partial charge in [0.05, 0.1) is 18.8 Å². The van der Waals surface area contributed by atoms with Gasteiger partial charge in [0.15, 0.2) is 18.8 Å². The van der Waals surface area contributed by atoms with Crippen molar-refractivity contribution in [1.29, 1.82) is 0 Å². The molecule has 0 N–H and O–H groups in total. The van der Waals surface area contributed by atoms with Crippen molar-refractivity contribution in [2.45, 2.75) is 87.8 Å². The number of alkyl halides is 1. The summed E-state index contributed by atoms with van der Waals surface area (Å²) in [5.74, 6) is 2.18. The van der Waals surface area contributed by atoms with Crippen LogP contribution in [0.2, 0.25) is 0 Å². The van der Waals surface area contributed by atoms with E-state index in [1.54, 1.807) is 0 Å². The van der Waals surface area contributed by atoms with Crippen LogP contribution in [0.5, 0.6) is 0 Å². The summed E-state index contributed by atoms with van der Waals surface area (Å²) in [5, 5.41) is 0. The van der Waals surface area contributed by atoms with Crippen LogP contribution in [0.15, 0.2) is 60.7 Å². The molecule has 2 aliphatic heterocycles. The number of hydrogen-bond acceptors (Lipinski definition) is 5. The maximum atomic E-state index is 16.3. The van der Waals surface area contributed by atoms with Crippen LogP contribution in [0.4, 0.5) is 4.39 Å². The molecular formula is C30H35FO5. The zero-order valence-corrected chi connectivity index (χ0v) is 20.5. The van der Waals surface area contributed by atoms with Gasteiger partial charge in [-0.3, -0.25) is 0 Å². The van der Waals surface area contributed by atoms with Gasteiger partial charge >= 0.3 is 0 Å². The second-order valence-corrected chi connectivity index (χ2v) is 11.6. The Morgan fingerprint density at radius 3 is 2.14 bits per heavy atom. The number of halogens is 1. The molecule has 4 saturated carbocycles. The molecule has 2 aromatic carbocycles. The van der Waals surface area contributed by atoms with Crippen molar-refractivity contribution < 1.29 is 28.1 Å². The summed E-state index contributed by atoms with van der Waals surface area (Å²) in [6.07, 6.45) is 2.16. The van der Waals surface area contributed by atoms with Crippen molar-refractivity contribution >= 4 is 0 Å². The molecule has 0 radical (unpaired) electrons. The third-order valence-corrected chi connectivity index (χ3v) is 8.97. The summed E-state index contributed by atoms with van der Waals surface area (Å²) < 4.78 is 48.0. The first-order valence-corrected chi connectivity index (χ1v) is 13.6. The summed E-state index contributed by atoms with van der Waals surface area (Å²) in [6.45, 7) is 0.558. The second-order valence-electron chi connectivity index (χ2n) is 11.6. The van der Waals surface area contributed by atoms with Gasteiger partial charge in [-0.15, -0.1) is 0 Å². The molecule has 0 spiro atoms. The highest BCUT2D eigenvalue weighted by Gasteiger charge is 2.57. The van der Waals surface area contributed by atoms with Gasteiger partial charge in [-0.25, -0.2) is 4.39 Å². The maximum Gasteiger partial charge on any atom is 0.187 e. The molecule has 0 unspecified atom stereocenters. The van der Waals surface area contributed by atoms with E-state index in [2.05, 4.69) is 0 Å². The quantitative estimate of drug-likeness (QED) is 0.513. The van der Waals surface area contributed by atoms with E-state index in [-0.39, 0.29) is 12.2 Å². The molecule has 2 heterocycles. The van der Waals surface area contributed by atoms with Gasteiger partial charge in [-0.2, -0.15) is 0 Å². The fourth-order valence-electron chi connectivity index (χ4n) is 7.77. The Kier molecular flexibility index (Phi) is 6.14. The smallest absolute Gasteiger partial charge is 0.187 e. The van der Waals surface area contributed by atoms with Crippen molar-refractivity contribution in [2.24, 2.45) is 17.8 Å². The van der Waals surface area contributed by atoms with Crippen molar-refractivity contribution in [3.63, 3.8) is 0 Å². The molecule has 192 valence electrons. The Bertz CT molecular complexity index is 997. The molecule has 0 amide bonds. The van der Waals surface area contributed by atoms with E-state index in [1.165, 1.54) is 19.3 Å². The number of hydrogen-bond donors (Lipinski definition) is 0. The average Bonchev–Trinajstić information content (AvgIpc) is 2.88. The largest absolute Gasteiger partial charge is 0.365 e. The fourth-order valence-corrected chi connectivity index (χ4v) is 7.77. The molecular weight excluding hydrogens is 459 g/mol. The van der Waals surface area contributed by atoms with Crippen LogP contribution in [0, 0.1) is 17.8 Å². The summed E-state index contributed by atoms with van der Waals surface area (Å²) in [4.78, 5) is 0.